The Morgan fingerprint density at radius 3 is 2.14 bits per heavy atom. The first-order valence-electron chi connectivity index (χ1n) is 9.08. The number of aliphatic hydroxyl groups excluding tert-OH is 1. The standard InChI is InChI=1S/C20H36O2/c1-7-8-16(6)19(22-20(14(2)3)15(4)5)13-17-9-11-18(21)12-10-17/h9,11,14-16,19-21H,7-8,10,12-13H2,1-6H3/t16-,19-/m1/s1. The minimum Gasteiger partial charge on any atom is -0.512 e. The Kier molecular flexibility index (Phi) is 8.24. The van der Waals surface area contributed by atoms with Gasteiger partial charge in [0.2, 0.25) is 0 Å². The lowest BCUT2D eigenvalue weighted by Gasteiger charge is -2.34. The summed E-state index contributed by atoms with van der Waals surface area (Å²) in [5.74, 6) is 2.16. The molecule has 1 aliphatic rings. The highest BCUT2D eigenvalue weighted by Crippen LogP contribution is 2.29. The van der Waals surface area contributed by atoms with E-state index in [1.807, 2.05) is 6.08 Å². The molecule has 0 saturated heterocycles. The Labute approximate surface area is 137 Å². The van der Waals surface area contributed by atoms with E-state index in [9.17, 15) is 5.11 Å². The highest BCUT2D eigenvalue weighted by Gasteiger charge is 2.27. The molecule has 128 valence electrons. The van der Waals surface area contributed by atoms with Gasteiger partial charge in [-0.05, 0) is 43.1 Å². The predicted octanol–water partition coefficient (Wildman–Crippen LogP) is 6.04. The van der Waals surface area contributed by atoms with Crippen LogP contribution in [-0.4, -0.2) is 17.3 Å². The zero-order valence-corrected chi connectivity index (χ0v) is 15.4. The second-order valence-corrected chi connectivity index (χ2v) is 7.58. The minimum absolute atomic E-state index is 0.287. The van der Waals surface area contributed by atoms with Crippen LogP contribution in [-0.2, 0) is 4.74 Å². The lowest BCUT2D eigenvalue weighted by atomic mass is 9.89. The molecule has 1 rings (SSSR count). The summed E-state index contributed by atoms with van der Waals surface area (Å²) in [5.41, 5.74) is 1.41. The topological polar surface area (TPSA) is 29.5 Å². The maximum absolute atomic E-state index is 9.53. The Balaban J connectivity index is 2.79. The van der Waals surface area contributed by atoms with E-state index >= 15 is 0 Å². The van der Waals surface area contributed by atoms with Gasteiger partial charge in [0.1, 0.15) is 0 Å². The van der Waals surface area contributed by atoms with Crippen molar-refractivity contribution in [1.82, 2.24) is 0 Å². The van der Waals surface area contributed by atoms with Gasteiger partial charge in [0.05, 0.1) is 18.0 Å². The summed E-state index contributed by atoms with van der Waals surface area (Å²) in [6, 6.07) is 0. The van der Waals surface area contributed by atoms with Gasteiger partial charge in [-0.25, -0.2) is 0 Å². The fourth-order valence-electron chi connectivity index (χ4n) is 3.41. The molecule has 0 fully saturated rings. The maximum atomic E-state index is 9.53. The van der Waals surface area contributed by atoms with E-state index in [1.54, 1.807) is 0 Å². The molecule has 0 aliphatic heterocycles. The monoisotopic (exact) mass is 308 g/mol. The quantitative estimate of drug-likeness (QED) is 0.562. The number of ether oxygens (including phenoxy) is 1. The SMILES string of the molecule is CCC[C@@H](C)[C@@H](CC1=CC=C(O)CC1)OC(C(C)C)C(C)C. The van der Waals surface area contributed by atoms with E-state index in [0.717, 1.165) is 19.3 Å². The maximum Gasteiger partial charge on any atom is 0.0925 e. The average Bonchev–Trinajstić information content (AvgIpc) is 2.44. The molecule has 0 aromatic carbocycles. The van der Waals surface area contributed by atoms with Gasteiger partial charge in [0.25, 0.3) is 0 Å². The molecule has 0 aromatic heterocycles. The number of hydrogen-bond donors (Lipinski definition) is 1. The van der Waals surface area contributed by atoms with Crippen molar-refractivity contribution in [3.05, 3.63) is 23.5 Å². The van der Waals surface area contributed by atoms with Gasteiger partial charge in [-0.1, -0.05) is 59.6 Å². The van der Waals surface area contributed by atoms with E-state index in [4.69, 9.17) is 4.74 Å². The Morgan fingerprint density at radius 1 is 1.05 bits per heavy atom. The van der Waals surface area contributed by atoms with E-state index < -0.39 is 0 Å². The van der Waals surface area contributed by atoms with E-state index in [2.05, 4.69) is 47.6 Å². The molecule has 0 unspecified atom stereocenters. The van der Waals surface area contributed by atoms with E-state index in [-0.39, 0.29) is 6.10 Å². The van der Waals surface area contributed by atoms with Crippen molar-refractivity contribution >= 4 is 0 Å². The molecule has 2 heteroatoms. The fourth-order valence-corrected chi connectivity index (χ4v) is 3.41. The Bertz CT molecular complexity index is 371. The van der Waals surface area contributed by atoms with Crippen molar-refractivity contribution in [1.29, 1.82) is 0 Å². The molecule has 0 amide bonds. The smallest absolute Gasteiger partial charge is 0.0925 e. The molecule has 2 nitrogen and oxygen atoms in total. The first kappa shape index (κ1) is 19.3. The van der Waals surface area contributed by atoms with E-state index in [0.29, 0.717) is 29.6 Å². The molecule has 1 N–H and O–H groups in total. The predicted molar refractivity (Wildman–Crippen MR) is 95.1 cm³/mol. The molecule has 0 spiro atoms. The van der Waals surface area contributed by atoms with Crippen LogP contribution in [0, 0.1) is 17.8 Å². The van der Waals surface area contributed by atoms with Crippen LogP contribution in [0.25, 0.3) is 0 Å². The summed E-state index contributed by atoms with van der Waals surface area (Å²) in [6.07, 6.45) is 9.70. The summed E-state index contributed by atoms with van der Waals surface area (Å²) in [4.78, 5) is 0. The molecule has 2 atom stereocenters. The number of allylic oxidation sites excluding steroid dienone is 3. The van der Waals surface area contributed by atoms with Gasteiger partial charge in [-0.3, -0.25) is 0 Å². The van der Waals surface area contributed by atoms with Crippen molar-refractivity contribution < 1.29 is 9.84 Å². The van der Waals surface area contributed by atoms with Gasteiger partial charge < -0.3 is 9.84 Å². The fraction of sp³-hybridized carbons (Fsp3) is 0.800. The van der Waals surface area contributed by atoms with Crippen molar-refractivity contribution in [2.75, 3.05) is 0 Å². The van der Waals surface area contributed by atoms with Crippen LogP contribution in [0.5, 0.6) is 0 Å². The van der Waals surface area contributed by atoms with Crippen LogP contribution in [0.3, 0.4) is 0 Å². The second-order valence-electron chi connectivity index (χ2n) is 7.58. The second kappa shape index (κ2) is 9.39. The van der Waals surface area contributed by atoms with Gasteiger partial charge >= 0.3 is 0 Å². The largest absolute Gasteiger partial charge is 0.512 e. The third kappa shape index (κ3) is 6.16. The van der Waals surface area contributed by atoms with Gasteiger partial charge in [0.15, 0.2) is 0 Å². The normalized spacial score (nSPS) is 18.6. The zero-order valence-electron chi connectivity index (χ0n) is 15.4. The van der Waals surface area contributed by atoms with Gasteiger partial charge in [0, 0.05) is 6.42 Å². The molecule has 0 heterocycles. The van der Waals surface area contributed by atoms with Crippen molar-refractivity contribution in [2.24, 2.45) is 17.8 Å². The van der Waals surface area contributed by atoms with Gasteiger partial charge in [-0.15, -0.1) is 0 Å². The lowest BCUT2D eigenvalue weighted by Crippen LogP contribution is -2.34. The summed E-state index contributed by atoms with van der Waals surface area (Å²) in [7, 11) is 0. The zero-order chi connectivity index (χ0) is 16.7. The molecule has 1 aliphatic carbocycles. The van der Waals surface area contributed by atoms with Crippen LogP contribution in [0.15, 0.2) is 23.5 Å². The summed E-state index contributed by atoms with van der Waals surface area (Å²) in [5, 5.41) is 9.53. The number of hydrogen-bond acceptors (Lipinski definition) is 2. The average molecular weight is 309 g/mol. The highest BCUT2D eigenvalue weighted by atomic mass is 16.5. The first-order valence-corrected chi connectivity index (χ1v) is 9.08. The molecular formula is C20H36O2. The third-order valence-electron chi connectivity index (χ3n) is 4.70. The summed E-state index contributed by atoms with van der Waals surface area (Å²) >= 11 is 0. The molecule has 0 bridgehead atoms. The van der Waals surface area contributed by atoms with Crippen LogP contribution in [0.4, 0.5) is 0 Å². The van der Waals surface area contributed by atoms with Crippen molar-refractivity contribution in [3.63, 3.8) is 0 Å². The Hall–Kier alpha value is -0.760. The molecule has 0 radical (unpaired) electrons. The van der Waals surface area contributed by atoms with Crippen LogP contribution >= 0.6 is 0 Å². The summed E-state index contributed by atoms with van der Waals surface area (Å²) < 4.78 is 6.59. The molecule has 22 heavy (non-hydrogen) atoms. The third-order valence-corrected chi connectivity index (χ3v) is 4.70. The van der Waals surface area contributed by atoms with Crippen LogP contribution in [0.1, 0.15) is 73.6 Å². The van der Waals surface area contributed by atoms with Crippen LogP contribution in [0.2, 0.25) is 0 Å². The van der Waals surface area contributed by atoms with Crippen LogP contribution < -0.4 is 0 Å². The molecule has 0 aromatic rings. The Morgan fingerprint density at radius 2 is 1.68 bits per heavy atom. The number of aliphatic hydroxyl groups is 1. The van der Waals surface area contributed by atoms with E-state index in [1.165, 1.54) is 18.4 Å². The van der Waals surface area contributed by atoms with Gasteiger partial charge in [-0.2, -0.15) is 0 Å². The molecule has 0 saturated carbocycles. The van der Waals surface area contributed by atoms with Crippen molar-refractivity contribution in [3.8, 4) is 0 Å². The lowest BCUT2D eigenvalue weighted by molar-refractivity contribution is -0.0811. The first-order chi connectivity index (χ1) is 10.3. The highest BCUT2D eigenvalue weighted by molar-refractivity contribution is 5.21. The van der Waals surface area contributed by atoms with Crippen molar-refractivity contribution in [2.45, 2.75) is 85.9 Å². The minimum atomic E-state index is 0.287. The number of rotatable bonds is 9. The molecular weight excluding hydrogens is 272 g/mol. The summed E-state index contributed by atoms with van der Waals surface area (Å²) in [6.45, 7) is 13.6.